The number of hydrogen-bond donors (Lipinski definition) is 2. The fraction of sp³-hybridized carbons (Fsp3) is 0.455. The Kier molecular flexibility index (Phi) is 2.90. The van der Waals surface area contributed by atoms with E-state index in [1.165, 1.54) is 0 Å². The lowest BCUT2D eigenvalue weighted by atomic mass is 10.0. The van der Waals surface area contributed by atoms with Gasteiger partial charge < -0.3 is 20.3 Å². The van der Waals surface area contributed by atoms with Crippen LogP contribution in [0.15, 0.2) is 12.1 Å². The number of fused-ring (bicyclic) bond motifs is 1. The minimum absolute atomic E-state index is 0.0873. The molecule has 3 N–H and O–H groups in total. The molecule has 1 aromatic rings. The molecule has 0 aromatic heterocycles. The molecular weight excluding hydrogens is 194 g/mol. The van der Waals surface area contributed by atoms with Gasteiger partial charge in [-0.2, -0.15) is 0 Å². The van der Waals surface area contributed by atoms with Crippen molar-refractivity contribution >= 4 is 0 Å². The van der Waals surface area contributed by atoms with Crippen molar-refractivity contribution in [1.82, 2.24) is 0 Å². The Bertz CT molecular complexity index is 365. The van der Waals surface area contributed by atoms with Gasteiger partial charge in [-0.15, -0.1) is 0 Å². The normalized spacial score (nSPS) is 16.2. The van der Waals surface area contributed by atoms with Gasteiger partial charge in [-0.1, -0.05) is 0 Å². The highest BCUT2D eigenvalue weighted by molar-refractivity contribution is 5.45. The van der Waals surface area contributed by atoms with Gasteiger partial charge in [0.1, 0.15) is 5.75 Å². The van der Waals surface area contributed by atoms with Crippen LogP contribution in [0.25, 0.3) is 0 Å². The number of aliphatic hydroxyl groups excluding tert-OH is 1. The van der Waals surface area contributed by atoms with Gasteiger partial charge in [0, 0.05) is 5.56 Å². The lowest BCUT2D eigenvalue weighted by Crippen LogP contribution is -2.16. The van der Waals surface area contributed by atoms with Crippen LogP contribution < -0.4 is 10.5 Å². The maximum atomic E-state index is 9.04. The predicted octanol–water partition coefficient (Wildman–Crippen LogP) is 0.718. The third kappa shape index (κ3) is 1.84. The summed E-state index contributed by atoms with van der Waals surface area (Å²) in [6.07, 6.45) is 0. The Hall–Kier alpha value is -1.10. The SMILES string of the molecule is COc1cc2c(cc1C(N)CO)COC2. The van der Waals surface area contributed by atoms with Crippen LogP contribution in [0.5, 0.6) is 5.75 Å². The van der Waals surface area contributed by atoms with Gasteiger partial charge in [0.25, 0.3) is 0 Å². The third-order valence-corrected chi connectivity index (χ3v) is 2.66. The smallest absolute Gasteiger partial charge is 0.124 e. The van der Waals surface area contributed by atoms with Gasteiger partial charge in [-0.3, -0.25) is 0 Å². The average Bonchev–Trinajstić information content (AvgIpc) is 2.73. The van der Waals surface area contributed by atoms with Gasteiger partial charge in [0.05, 0.1) is 33.0 Å². The molecule has 1 heterocycles. The zero-order valence-corrected chi connectivity index (χ0v) is 8.69. The van der Waals surface area contributed by atoms with Crippen LogP contribution in [-0.2, 0) is 18.0 Å². The number of benzene rings is 1. The Labute approximate surface area is 88.6 Å². The summed E-state index contributed by atoms with van der Waals surface area (Å²) < 4.78 is 10.6. The fourth-order valence-electron chi connectivity index (χ4n) is 1.79. The number of ether oxygens (including phenoxy) is 2. The molecule has 1 unspecified atom stereocenters. The first-order valence-electron chi connectivity index (χ1n) is 4.90. The molecule has 0 aliphatic carbocycles. The lowest BCUT2D eigenvalue weighted by molar-refractivity contribution is 0.134. The standard InChI is InChI=1S/C11H15NO3/c1-14-11-3-8-6-15-5-7(8)2-9(11)10(12)4-13/h2-3,10,13H,4-6,12H2,1H3. The summed E-state index contributed by atoms with van der Waals surface area (Å²) >= 11 is 0. The van der Waals surface area contributed by atoms with Crippen LogP contribution in [0, 0.1) is 0 Å². The van der Waals surface area contributed by atoms with E-state index in [9.17, 15) is 0 Å². The van der Waals surface area contributed by atoms with Crippen LogP contribution in [0.2, 0.25) is 0 Å². The van der Waals surface area contributed by atoms with Crippen molar-refractivity contribution in [2.24, 2.45) is 5.73 Å². The zero-order valence-electron chi connectivity index (χ0n) is 8.69. The molecule has 4 nitrogen and oxygen atoms in total. The molecule has 82 valence electrons. The van der Waals surface area contributed by atoms with E-state index in [1.54, 1.807) is 7.11 Å². The maximum absolute atomic E-state index is 9.04. The minimum atomic E-state index is -0.397. The predicted molar refractivity (Wildman–Crippen MR) is 55.5 cm³/mol. The van der Waals surface area contributed by atoms with Crippen molar-refractivity contribution in [1.29, 1.82) is 0 Å². The summed E-state index contributed by atoms with van der Waals surface area (Å²) in [5.74, 6) is 0.723. The Morgan fingerprint density at radius 2 is 2.13 bits per heavy atom. The number of methoxy groups -OCH3 is 1. The second kappa shape index (κ2) is 4.18. The summed E-state index contributed by atoms with van der Waals surface area (Å²) in [5, 5.41) is 9.04. The first-order chi connectivity index (χ1) is 7.26. The van der Waals surface area contributed by atoms with Gasteiger partial charge in [-0.25, -0.2) is 0 Å². The van der Waals surface area contributed by atoms with E-state index in [0.29, 0.717) is 13.2 Å². The highest BCUT2D eigenvalue weighted by atomic mass is 16.5. The van der Waals surface area contributed by atoms with E-state index in [4.69, 9.17) is 20.3 Å². The van der Waals surface area contributed by atoms with Crippen molar-refractivity contribution in [3.63, 3.8) is 0 Å². The number of nitrogens with two attached hydrogens (primary N) is 1. The van der Waals surface area contributed by atoms with Gasteiger partial charge in [0.15, 0.2) is 0 Å². The van der Waals surface area contributed by atoms with E-state index < -0.39 is 6.04 Å². The Morgan fingerprint density at radius 1 is 1.47 bits per heavy atom. The average molecular weight is 209 g/mol. The highest BCUT2D eigenvalue weighted by Gasteiger charge is 2.18. The van der Waals surface area contributed by atoms with Gasteiger partial charge in [-0.05, 0) is 23.3 Å². The van der Waals surface area contributed by atoms with E-state index in [1.807, 2.05) is 12.1 Å². The molecule has 15 heavy (non-hydrogen) atoms. The summed E-state index contributed by atoms with van der Waals surface area (Å²) in [5.41, 5.74) is 8.90. The van der Waals surface area contributed by atoms with Crippen molar-refractivity contribution in [2.75, 3.05) is 13.7 Å². The van der Waals surface area contributed by atoms with Crippen molar-refractivity contribution in [3.8, 4) is 5.75 Å². The van der Waals surface area contributed by atoms with Crippen molar-refractivity contribution in [2.45, 2.75) is 19.3 Å². The quantitative estimate of drug-likeness (QED) is 0.769. The number of aliphatic hydroxyl groups is 1. The van der Waals surface area contributed by atoms with Crippen molar-refractivity contribution in [3.05, 3.63) is 28.8 Å². The monoisotopic (exact) mass is 209 g/mol. The molecule has 1 aromatic carbocycles. The van der Waals surface area contributed by atoms with E-state index >= 15 is 0 Å². The van der Waals surface area contributed by atoms with Crippen LogP contribution in [0.3, 0.4) is 0 Å². The van der Waals surface area contributed by atoms with E-state index in [-0.39, 0.29) is 6.61 Å². The van der Waals surface area contributed by atoms with Crippen LogP contribution in [0.1, 0.15) is 22.7 Å². The first-order valence-corrected chi connectivity index (χ1v) is 4.90. The molecule has 2 rings (SSSR count). The molecular formula is C11H15NO3. The molecule has 0 radical (unpaired) electrons. The topological polar surface area (TPSA) is 64.7 Å². The summed E-state index contributed by atoms with van der Waals surface area (Å²) in [7, 11) is 1.60. The molecule has 4 heteroatoms. The Morgan fingerprint density at radius 3 is 2.73 bits per heavy atom. The lowest BCUT2D eigenvalue weighted by Gasteiger charge is -2.15. The van der Waals surface area contributed by atoms with Crippen LogP contribution in [0.4, 0.5) is 0 Å². The molecule has 1 aliphatic rings. The molecule has 1 aliphatic heterocycles. The fourth-order valence-corrected chi connectivity index (χ4v) is 1.79. The number of rotatable bonds is 3. The number of hydrogen-bond acceptors (Lipinski definition) is 4. The minimum Gasteiger partial charge on any atom is -0.496 e. The molecule has 0 spiro atoms. The molecule has 0 bridgehead atoms. The Balaban J connectivity index is 2.44. The third-order valence-electron chi connectivity index (χ3n) is 2.66. The summed E-state index contributed by atoms with van der Waals surface area (Å²) in [6.45, 7) is 1.15. The molecule has 0 fully saturated rings. The van der Waals surface area contributed by atoms with E-state index in [2.05, 4.69) is 0 Å². The van der Waals surface area contributed by atoms with Crippen LogP contribution in [-0.4, -0.2) is 18.8 Å². The van der Waals surface area contributed by atoms with Crippen molar-refractivity contribution < 1.29 is 14.6 Å². The zero-order chi connectivity index (χ0) is 10.8. The van der Waals surface area contributed by atoms with Gasteiger partial charge in [0.2, 0.25) is 0 Å². The molecule has 0 amide bonds. The molecule has 0 saturated carbocycles. The molecule has 0 saturated heterocycles. The largest absolute Gasteiger partial charge is 0.496 e. The van der Waals surface area contributed by atoms with E-state index in [0.717, 1.165) is 22.4 Å². The first kappa shape index (κ1) is 10.4. The summed E-state index contributed by atoms with van der Waals surface area (Å²) in [4.78, 5) is 0. The van der Waals surface area contributed by atoms with Gasteiger partial charge >= 0.3 is 0 Å². The maximum Gasteiger partial charge on any atom is 0.124 e. The molecule has 1 atom stereocenters. The second-order valence-corrected chi connectivity index (χ2v) is 3.64. The second-order valence-electron chi connectivity index (χ2n) is 3.64. The van der Waals surface area contributed by atoms with Crippen LogP contribution >= 0.6 is 0 Å². The highest BCUT2D eigenvalue weighted by Crippen LogP contribution is 2.31. The summed E-state index contributed by atoms with van der Waals surface area (Å²) in [6, 6.07) is 3.50.